The summed E-state index contributed by atoms with van der Waals surface area (Å²) in [7, 11) is 0. The highest BCUT2D eigenvalue weighted by Crippen LogP contribution is 2.18. The lowest BCUT2D eigenvalue weighted by molar-refractivity contribution is 0.326. The SMILES string of the molecule is CCC(C)(C)CNCc1ccc(F)cc1F. The topological polar surface area (TPSA) is 12.0 Å². The van der Waals surface area contributed by atoms with Crippen molar-refractivity contribution in [1.29, 1.82) is 0 Å². The fourth-order valence-corrected chi connectivity index (χ4v) is 1.33. The Labute approximate surface area is 95.9 Å². The third kappa shape index (κ3) is 3.89. The van der Waals surface area contributed by atoms with Crippen LogP contribution in [0.25, 0.3) is 0 Å². The maximum Gasteiger partial charge on any atom is 0.130 e. The van der Waals surface area contributed by atoms with Crippen molar-refractivity contribution >= 4 is 0 Å². The van der Waals surface area contributed by atoms with Crippen LogP contribution in [0.15, 0.2) is 18.2 Å². The molecule has 0 saturated heterocycles. The normalized spacial score (nSPS) is 11.8. The van der Waals surface area contributed by atoms with E-state index < -0.39 is 11.6 Å². The zero-order chi connectivity index (χ0) is 12.2. The quantitative estimate of drug-likeness (QED) is 0.812. The van der Waals surface area contributed by atoms with Crippen LogP contribution in [0.3, 0.4) is 0 Å². The fraction of sp³-hybridized carbons (Fsp3) is 0.538. The van der Waals surface area contributed by atoms with Gasteiger partial charge < -0.3 is 5.32 Å². The van der Waals surface area contributed by atoms with E-state index in [0.29, 0.717) is 12.1 Å². The van der Waals surface area contributed by atoms with Crippen LogP contribution in [0.1, 0.15) is 32.8 Å². The average Bonchev–Trinajstić information content (AvgIpc) is 2.21. The molecule has 1 nitrogen and oxygen atoms in total. The first-order valence-electron chi connectivity index (χ1n) is 5.59. The predicted octanol–water partition coefficient (Wildman–Crippen LogP) is 3.49. The Morgan fingerprint density at radius 3 is 2.50 bits per heavy atom. The fourth-order valence-electron chi connectivity index (χ4n) is 1.33. The molecule has 0 fully saturated rings. The van der Waals surface area contributed by atoms with Crippen LogP contribution in [0, 0.1) is 17.0 Å². The summed E-state index contributed by atoms with van der Waals surface area (Å²) in [6.07, 6.45) is 1.06. The largest absolute Gasteiger partial charge is 0.312 e. The van der Waals surface area contributed by atoms with Crippen LogP contribution in [-0.4, -0.2) is 6.54 Å². The molecule has 0 radical (unpaired) electrons. The summed E-state index contributed by atoms with van der Waals surface area (Å²) in [4.78, 5) is 0. The maximum atomic E-state index is 13.3. The summed E-state index contributed by atoms with van der Waals surface area (Å²) in [5, 5.41) is 3.19. The lowest BCUT2D eigenvalue weighted by atomic mass is 9.90. The van der Waals surface area contributed by atoms with Crippen molar-refractivity contribution in [1.82, 2.24) is 5.32 Å². The second kappa shape index (κ2) is 5.39. The lowest BCUT2D eigenvalue weighted by Crippen LogP contribution is -2.28. The molecule has 1 N–H and O–H groups in total. The summed E-state index contributed by atoms with van der Waals surface area (Å²) in [6.45, 7) is 7.69. The second-order valence-electron chi connectivity index (χ2n) is 4.86. The first kappa shape index (κ1) is 13.1. The number of nitrogens with one attached hydrogen (secondary N) is 1. The molecule has 1 aromatic carbocycles. The van der Waals surface area contributed by atoms with Gasteiger partial charge in [0.1, 0.15) is 11.6 Å². The summed E-state index contributed by atoms with van der Waals surface area (Å²) >= 11 is 0. The first-order valence-corrected chi connectivity index (χ1v) is 5.59. The predicted molar refractivity (Wildman–Crippen MR) is 62.1 cm³/mol. The zero-order valence-electron chi connectivity index (χ0n) is 10.1. The van der Waals surface area contributed by atoms with Crippen molar-refractivity contribution in [3.63, 3.8) is 0 Å². The maximum absolute atomic E-state index is 13.3. The van der Waals surface area contributed by atoms with Crippen molar-refractivity contribution in [2.75, 3.05) is 6.54 Å². The molecule has 0 atom stereocenters. The van der Waals surface area contributed by atoms with E-state index >= 15 is 0 Å². The molecule has 0 saturated carbocycles. The van der Waals surface area contributed by atoms with Gasteiger partial charge in [0.25, 0.3) is 0 Å². The van der Waals surface area contributed by atoms with Gasteiger partial charge in [0.15, 0.2) is 0 Å². The van der Waals surface area contributed by atoms with Gasteiger partial charge in [-0.3, -0.25) is 0 Å². The highest BCUT2D eigenvalue weighted by molar-refractivity contribution is 5.18. The highest BCUT2D eigenvalue weighted by Gasteiger charge is 2.14. The van der Waals surface area contributed by atoms with E-state index in [1.165, 1.54) is 12.1 Å². The van der Waals surface area contributed by atoms with Gasteiger partial charge in [-0.25, -0.2) is 8.78 Å². The minimum Gasteiger partial charge on any atom is -0.312 e. The minimum atomic E-state index is -0.532. The number of halogens is 2. The number of hydrogen-bond acceptors (Lipinski definition) is 1. The second-order valence-corrected chi connectivity index (χ2v) is 4.86. The van der Waals surface area contributed by atoms with E-state index in [2.05, 4.69) is 26.1 Å². The van der Waals surface area contributed by atoms with E-state index in [0.717, 1.165) is 19.0 Å². The van der Waals surface area contributed by atoms with E-state index in [1.807, 2.05) is 0 Å². The minimum absolute atomic E-state index is 0.205. The van der Waals surface area contributed by atoms with Gasteiger partial charge >= 0.3 is 0 Å². The Kier molecular flexibility index (Phi) is 4.42. The molecule has 0 aliphatic heterocycles. The molecule has 3 heteroatoms. The molecule has 0 bridgehead atoms. The Balaban J connectivity index is 2.49. The van der Waals surface area contributed by atoms with Crippen molar-refractivity contribution in [3.8, 4) is 0 Å². The van der Waals surface area contributed by atoms with Crippen LogP contribution >= 0.6 is 0 Å². The van der Waals surface area contributed by atoms with E-state index in [9.17, 15) is 8.78 Å². The molecular weight excluding hydrogens is 208 g/mol. The lowest BCUT2D eigenvalue weighted by Gasteiger charge is -2.23. The molecule has 0 unspecified atom stereocenters. The summed E-state index contributed by atoms with van der Waals surface area (Å²) < 4.78 is 25.9. The van der Waals surface area contributed by atoms with Crippen molar-refractivity contribution in [2.24, 2.45) is 5.41 Å². The first-order chi connectivity index (χ1) is 7.44. The Bertz CT molecular complexity index is 348. The molecule has 1 aromatic rings. The molecule has 0 aromatic heterocycles. The van der Waals surface area contributed by atoms with Crippen LogP contribution < -0.4 is 5.32 Å². The van der Waals surface area contributed by atoms with Crippen LogP contribution in [0.4, 0.5) is 8.78 Å². The molecule has 0 aliphatic rings. The smallest absolute Gasteiger partial charge is 0.130 e. The van der Waals surface area contributed by atoms with Crippen molar-refractivity contribution < 1.29 is 8.78 Å². The Hall–Kier alpha value is -0.960. The Morgan fingerprint density at radius 2 is 1.94 bits per heavy atom. The molecule has 0 aliphatic carbocycles. The number of rotatable bonds is 5. The van der Waals surface area contributed by atoms with E-state index in [4.69, 9.17) is 0 Å². The summed E-state index contributed by atoms with van der Waals surface area (Å²) in [6, 6.07) is 3.68. The monoisotopic (exact) mass is 227 g/mol. The van der Waals surface area contributed by atoms with Gasteiger partial charge in [-0.05, 0) is 17.9 Å². The zero-order valence-corrected chi connectivity index (χ0v) is 10.1. The molecule has 0 amide bonds. The molecule has 90 valence electrons. The molecule has 0 heterocycles. The third-order valence-electron chi connectivity index (χ3n) is 2.89. The number of hydrogen-bond donors (Lipinski definition) is 1. The summed E-state index contributed by atoms with van der Waals surface area (Å²) in [5.74, 6) is -1.02. The standard InChI is InChI=1S/C13H19F2N/c1-4-13(2,3)9-16-8-10-5-6-11(14)7-12(10)15/h5-7,16H,4,8-9H2,1-3H3. The van der Waals surface area contributed by atoms with Gasteiger partial charge in [0.2, 0.25) is 0 Å². The van der Waals surface area contributed by atoms with Gasteiger partial charge in [-0.2, -0.15) is 0 Å². The van der Waals surface area contributed by atoms with Crippen molar-refractivity contribution in [3.05, 3.63) is 35.4 Å². The van der Waals surface area contributed by atoms with Crippen LogP contribution in [0.5, 0.6) is 0 Å². The average molecular weight is 227 g/mol. The number of benzene rings is 1. The highest BCUT2D eigenvalue weighted by atomic mass is 19.1. The van der Waals surface area contributed by atoms with Gasteiger partial charge in [0, 0.05) is 24.7 Å². The van der Waals surface area contributed by atoms with Crippen LogP contribution in [0.2, 0.25) is 0 Å². The van der Waals surface area contributed by atoms with Gasteiger partial charge in [-0.15, -0.1) is 0 Å². The van der Waals surface area contributed by atoms with Gasteiger partial charge in [0.05, 0.1) is 0 Å². The van der Waals surface area contributed by atoms with E-state index in [-0.39, 0.29) is 5.41 Å². The Morgan fingerprint density at radius 1 is 1.25 bits per heavy atom. The molecular formula is C13H19F2N. The van der Waals surface area contributed by atoms with Gasteiger partial charge in [-0.1, -0.05) is 26.8 Å². The molecule has 16 heavy (non-hydrogen) atoms. The molecule has 0 spiro atoms. The van der Waals surface area contributed by atoms with Crippen molar-refractivity contribution in [2.45, 2.75) is 33.7 Å². The molecule has 1 rings (SSSR count). The third-order valence-corrected chi connectivity index (χ3v) is 2.89. The summed E-state index contributed by atoms with van der Waals surface area (Å²) in [5.41, 5.74) is 0.713. The van der Waals surface area contributed by atoms with E-state index in [1.54, 1.807) is 0 Å². The van der Waals surface area contributed by atoms with Crippen LogP contribution in [-0.2, 0) is 6.54 Å².